The van der Waals surface area contributed by atoms with Gasteiger partial charge in [0.1, 0.15) is 11.5 Å². The van der Waals surface area contributed by atoms with Crippen molar-refractivity contribution >= 4 is 23.6 Å². The third-order valence-electron chi connectivity index (χ3n) is 4.22. The van der Waals surface area contributed by atoms with Gasteiger partial charge in [-0.25, -0.2) is 0 Å². The summed E-state index contributed by atoms with van der Waals surface area (Å²) in [5.74, 6) is 1.19. The number of hydrogen-bond acceptors (Lipinski definition) is 5. The summed E-state index contributed by atoms with van der Waals surface area (Å²) >= 11 is 1.54. The van der Waals surface area contributed by atoms with Crippen LogP contribution in [-0.2, 0) is 4.79 Å². The number of methoxy groups -OCH3 is 2. The van der Waals surface area contributed by atoms with E-state index < -0.39 is 0 Å². The number of rotatable bonds is 5. The molecule has 1 heterocycles. The van der Waals surface area contributed by atoms with Crippen molar-refractivity contribution in [3.63, 3.8) is 0 Å². The molecule has 1 atom stereocenters. The summed E-state index contributed by atoms with van der Waals surface area (Å²) in [5.41, 5.74) is 0.510. The average molecular weight is 352 g/mol. The molecule has 24 heavy (non-hydrogen) atoms. The molecule has 2 amide bonds. The number of ether oxygens (including phenoxy) is 2. The highest BCUT2D eigenvalue weighted by Gasteiger charge is 2.28. The first-order valence-corrected chi connectivity index (χ1v) is 9.13. The minimum absolute atomic E-state index is 0.0473. The first-order chi connectivity index (χ1) is 11.5. The van der Waals surface area contributed by atoms with E-state index in [1.165, 1.54) is 18.9 Å². The monoisotopic (exact) mass is 352 g/mol. The summed E-state index contributed by atoms with van der Waals surface area (Å²) in [6, 6.07) is 5.16. The second-order valence-electron chi connectivity index (χ2n) is 5.56. The molecule has 0 bridgehead atoms. The maximum Gasteiger partial charge on any atom is 0.257 e. The number of hydrogen-bond donors (Lipinski definition) is 0. The number of carbonyl (C=O) groups excluding carboxylic acids is 2. The van der Waals surface area contributed by atoms with Crippen LogP contribution in [0.15, 0.2) is 18.2 Å². The predicted molar refractivity (Wildman–Crippen MR) is 95.0 cm³/mol. The summed E-state index contributed by atoms with van der Waals surface area (Å²) in [5, 5.41) is -0.0473. The Bertz CT molecular complexity index is 600. The summed E-state index contributed by atoms with van der Waals surface area (Å²) in [6.07, 6.45) is 1.93. The van der Waals surface area contributed by atoms with Crippen molar-refractivity contribution in [2.24, 2.45) is 0 Å². The highest BCUT2D eigenvalue weighted by molar-refractivity contribution is 7.99. The minimum atomic E-state index is -0.0838. The molecule has 1 saturated heterocycles. The standard InChI is InChI=1S/C17H24N2O4S/c1-12(24-4)16(20)18-7-9-19(10-8-18)17(21)14-6-5-13(22-2)11-15(14)23-3/h5-6,11-12H,7-10H2,1-4H3. The molecule has 1 aliphatic heterocycles. The highest BCUT2D eigenvalue weighted by atomic mass is 32.2. The summed E-state index contributed by atoms with van der Waals surface area (Å²) in [7, 11) is 3.11. The van der Waals surface area contributed by atoms with Crippen LogP contribution < -0.4 is 9.47 Å². The number of amides is 2. The number of thioether (sulfide) groups is 1. The van der Waals surface area contributed by atoms with Gasteiger partial charge in [0.25, 0.3) is 5.91 Å². The molecule has 1 unspecified atom stereocenters. The van der Waals surface area contributed by atoms with Gasteiger partial charge in [-0.05, 0) is 25.3 Å². The third-order valence-corrected chi connectivity index (χ3v) is 5.13. The summed E-state index contributed by atoms with van der Waals surface area (Å²) < 4.78 is 10.5. The minimum Gasteiger partial charge on any atom is -0.497 e. The van der Waals surface area contributed by atoms with E-state index in [9.17, 15) is 9.59 Å². The second-order valence-corrected chi connectivity index (χ2v) is 6.74. The Hall–Kier alpha value is -1.89. The first kappa shape index (κ1) is 18.4. The quantitative estimate of drug-likeness (QED) is 0.808. The van der Waals surface area contributed by atoms with Gasteiger partial charge in [-0.15, -0.1) is 0 Å². The van der Waals surface area contributed by atoms with Crippen molar-refractivity contribution in [3.05, 3.63) is 23.8 Å². The van der Waals surface area contributed by atoms with E-state index in [4.69, 9.17) is 9.47 Å². The van der Waals surface area contributed by atoms with E-state index in [-0.39, 0.29) is 17.1 Å². The average Bonchev–Trinajstić information content (AvgIpc) is 2.65. The van der Waals surface area contributed by atoms with E-state index in [0.29, 0.717) is 43.2 Å². The van der Waals surface area contributed by atoms with Gasteiger partial charge in [0.2, 0.25) is 5.91 Å². The van der Waals surface area contributed by atoms with Crippen molar-refractivity contribution in [2.45, 2.75) is 12.2 Å². The fourth-order valence-electron chi connectivity index (χ4n) is 2.63. The van der Waals surface area contributed by atoms with Crippen LogP contribution in [0.2, 0.25) is 0 Å². The number of carbonyl (C=O) groups is 2. The molecule has 6 nitrogen and oxygen atoms in total. The van der Waals surface area contributed by atoms with E-state index in [1.54, 1.807) is 30.2 Å². The zero-order valence-corrected chi connectivity index (χ0v) is 15.4. The number of nitrogens with zero attached hydrogens (tertiary/aromatic N) is 2. The summed E-state index contributed by atoms with van der Waals surface area (Å²) in [6.45, 7) is 4.09. The second kappa shape index (κ2) is 8.28. The van der Waals surface area contributed by atoms with Crippen LogP contribution in [0.1, 0.15) is 17.3 Å². The largest absolute Gasteiger partial charge is 0.497 e. The van der Waals surface area contributed by atoms with Gasteiger partial charge in [-0.1, -0.05) is 0 Å². The Morgan fingerprint density at radius 2 is 1.71 bits per heavy atom. The van der Waals surface area contributed by atoms with Crippen molar-refractivity contribution in [1.82, 2.24) is 9.80 Å². The lowest BCUT2D eigenvalue weighted by atomic mass is 10.1. The van der Waals surface area contributed by atoms with Gasteiger partial charge >= 0.3 is 0 Å². The molecule has 0 radical (unpaired) electrons. The zero-order valence-electron chi connectivity index (χ0n) is 14.6. The molecule has 2 rings (SSSR count). The lowest BCUT2D eigenvalue weighted by Gasteiger charge is -2.36. The van der Waals surface area contributed by atoms with Crippen molar-refractivity contribution in [1.29, 1.82) is 0 Å². The van der Waals surface area contributed by atoms with Gasteiger partial charge in [0, 0.05) is 32.2 Å². The predicted octanol–water partition coefficient (Wildman–Crippen LogP) is 1.74. The molecular formula is C17H24N2O4S. The topological polar surface area (TPSA) is 59.1 Å². The van der Waals surface area contributed by atoms with Crippen LogP contribution in [0.25, 0.3) is 0 Å². The van der Waals surface area contributed by atoms with E-state index in [1.807, 2.05) is 18.1 Å². The van der Waals surface area contributed by atoms with Gasteiger partial charge in [0.05, 0.1) is 25.0 Å². The first-order valence-electron chi connectivity index (χ1n) is 7.84. The Kier molecular flexibility index (Phi) is 6.36. The molecule has 1 aromatic rings. The molecule has 7 heteroatoms. The lowest BCUT2D eigenvalue weighted by molar-refractivity contribution is -0.131. The molecule has 132 valence electrons. The molecule has 0 aromatic heterocycles. The Balaban J connectivity index is 2.04. The molecule has 1 fully saturated rings. The van der Waals surface area contributed by atoms with Crippen molar-refractivity contribution in [3.8, 4) is 11.5 Å². The van der Waals surface area contributed by atoms with E-state index in [0.717, 1.165) is 0 Å². The molecule has 1 aromatic carbocycles. The molecular weight excluding hydrogens is 328 g/mol. The fraction of sp³-hybridized carbons (Fsp3) is 0.529. The van der Waals surface area contributed by atoms with Crippen LogP contribution in [0.3, 0.4) is 0 Å². The molecule has 1 aliphatic rings. The number of piperazine rings is 1. The smallest absolute Gasteiger partial charge is 0.257 e. The normalized spacial score (nSPS) is 15.8. The Morgan fingerprint density at radius 3 is 2.25 bits per heavy atom. The Morgan fingerprint density at radius 1 is 1.08 bits per heavy atom. The third kappa shape index (κ3) is 3.95. The SMILES string of the molecule is COc1ccc(C(=O)N2CCN(C(=O)C(C)SC)CC2)c(OC)c1. The molecule has 0 spiro atoms. The lowest BCUT2D eigenvalue weighted by Crippen LogP contribution is -2.52. The highest BCUT2D eigenvalue weighted by Crippen LogP contribution is 2.26. The zero-order chi connectivity index (χ0) is 17.7. The van der Waals surface area contributed by atoms with Crippen LogP contribution in [0.4, 0.5) is 0 Å². The van der Waals surface area contributed by atoms with Crippen molar-refractivity contribution < 1.29 is 19.1 Å². The Labute approximate surface area is 147 Å². The molecule has 0 aliphatic carbocycles. The van der Waals surface area contributed by atoms with Crippen LogP contribution in [-0.4, -0.2) is 73.5 Å². The maximum absolute atomic E-state index is 12.7. The van der Waals surface area contributed by atoms with Gasteiger partial charge in [-0.2, -0.15) is 11.8 Å². The van der Waals surface area contributed by atoms with Crippen LogP contribution in [0, 0.1) is 0 Å². The number of benzene rings is 1. The summed E-state index contributed by atoms with van der Waals surface area (Å²) in [4.78, 5) is 28.5. The molecule has 0 N–H and O–H groups in total. The van der Waals surface area contributed by atoms with Crippen LogP contribution in [0.5, 0.6) is 11.5 Å². The van der Waals surface area contributed by atoms with Crippen molar-refractivity contribution in [2.75, 3.05) is 46.7 Å². The van der Waals surface area contributed by atoms with E-state index in [2.05, 4.69) is 0 Å². The van der Waals surface area contributed by atoms with Gasteiger partial charge in [-0.3, -0.25) is 9.59 Å². The van der Waals surface area contributed by atoms with E-state index >= 15 is 0 Å². The fourth-order valence-corrected chi connectivity index (χ4v) is 2.98. The molecule has 0 saturated carbocycles. The van der Waals surface area contributed by atoms with Gasteiger partial charge in [0.15, 0.2) is 0 Å². The maximum atomic E-state index is 12.7. The van der Waals surface area contributed by atoms with Crippen LogP contribution >= 0.6 is 11.8 Å². The van der Waals surface area contributed by atoms with Gasteiger partial charge < -0.3 is 19.3 Å².